The number of hydrogen-bond donors (Lipinski definition) is 14. The van der Waals surface area contributed by atoms with Crippen LogP contribution in [0.5, 0.6) is 34.5 Å². The van der Waals surface area contributed by atoms with Crippen molar-refractivity contribution < 1.29 is 84.2 Å². The van der Waals surface area contributed by atoms with E-state index in [1.54, 1.807) is 39.0 Å². The van der Waals surface area contributed by atoms with Crippen molar-refractivity contribution >= 4 is 89.1 Å². The number of Topliss-reactive ketones (excluding diaryl/α,β-unsaturated/α-hetero) is 1. The molecule has 6 rings (SSSR count). The van der Waals surface area contributed by atoms with Crippen LogP contribution in [0.3, 0.4) is 0 Å². The van der Waals surface area contributed by atoms with Crippen LogP contribution in [0.1, 0.15) is 112 Å². The number of primary sulfonamides is 3. The zero-order valence-electron chi connectivity index (χ0n) is 48.7. The Morgan fingerprint density at radius 2 is 0.736 bits per heavy atom. The molecule has 0 aliphatic rings. The summed E-state index contributed by atoms with van der Waals surface area (Å²) in [4.78, 5) is 63.1. The summed E-state index contributed by atoms with van der Waals surface area (Å²) in [6.45, 7) is 17.1. The van der Waals surface area contributed by atoms with Gasteiger partial charge in [-0.3, -0.25) is 9.59 Å². The summed E-state index contributed by atoms with van der Waals surface area (Å²) >= 11 is 0. The van der Waals surface area contributed by atoms with Crippen LogP contribution in [-0.2, 0) is 49.2 Å². The third kappa shape index (κ3) is 22.6. The van der Waals surface area contributed by atoms with E-state index in [1.807, 2.05) is 41.5 Å². The molecule has 0 radical (unpaired) electrons. The number of carboxylic acids is 3. The number of sulfonamides is 3. The van der Waals surface area contributed by atoms with E-state index in [0.29, 0.717) is 33.9 Å². The minimum Gasteiger partial charge on any atom is -0.481 e. The van der Waals surface area contributed by atoms with Gasteiger partial charge in [0, 0.05) is 24.6 Å². The normalized spacial score (nSPS) is 11.9. The molecule has 33 nitrogen and oxygen atoms in total. The minimum atomic E-state index is -3.87. The fourth-order valence-corrected chi connectivity index (χ4v) is 9.61. The molecule has 36 heteroatoms. The van der Waals surface area contributed by atoms with E-state index >= 15 is 0 Å². The maximum atomic E-state index is 11.7. The number of aliphatic carboxylic acids is 3. The van der Waals surface area contributed by atoms with Crippen LogP contribution in [0.25, 0.3) is 0 Å². The Balaban J connectivity index is 0.000000392. The van der Waals surface area contributed by atoms with Crippen LogP contribution < -0.4 is 64.0 Å². The summed E-state index contributed by atoms with van der Waals surface area (Å²) in [6.07, 6.45) is 2.31. The maximum absolute atomic E-state index is 11.7. The molecule has 0 amide bonds. The first kappa shape index (κ1) is 73.9. The Labute approximate surface area is 500 Å². The van der Waals surface area contributed by atoms with Gasteiger partial charge < -0.3 is 74.1 Å². The molecule has 0 saturated carbocycles. The van der Waals surface area contributed by atoms with Gasteiger partial charge in [0.2, 0.25) is 47.9 Å². The van der Waals surface area contributed by atoms with Gasteiger partial charge in [-0.15, -0.1) is 0 Å². The minimum absolute atomic E-state index is 0.00756. The predicted octanol–water partition coefficient (Wildman–Crippen LogP) is 2.86. The van der Waals surface area contributed by atoms with Crippen LogP contribution in [0.4, 0.5) is 35.3 Å². The number of hydrogen-bond acceptors (Lipinski definition) is 27. The Morgan fingerprint density at radius 3 is 0.908 bits per heavy atom. The Kier molecular flexibility index (Phi) is 26.1. The number of anilines is 6. The lowest BCUT2D eigenvalue weighted by Crippen LogP contribution is -2.42. The SMILES string of the molecule is CC(=O)CC(O)(CC(=O)O)C(=O)O.Cc1cc(C(C)C)c(Oc2cnc(N)nc2N)cc1S(N)(=O)=O.Cc1cc(C(C)C)c(Oc2cnc(N)nc2N)cc1S(N)(=O)=O.Cc1cc(C(C)C)c(Oc2cnc(N)nc2N)cc1S(N)(=O)=O.O=C(O)CO. The van der Waals surface area contributed by atoms with Gasteiger partial charge in [-0.05, 0) is 78.8 Å². The molecule has 23 N–H and O–H groups in total. The van der Waals surface area contributed by atoms with Gasteiger partial charge in [0.15, 0.2) is 40.3 Å². The zero-order valence-corrected chi connectivity index (χ0v) is 51.1. The van der Waals surface area contributed by atoms with Crippen molar-refractivity contribution in [3.63, 3.8) is 0 Å². The fourth-order valence-electron chi connectivity index (χ4n) is 7.28. The van der Waals surface area contributed by atoms with Crippen molar-refractivity contribution in [1.82, 2.24) is 29.9 Å². The second kappa shape index (κ2) is 30.8. The number of aliphatic hydroxyl groups excluding tert-OH is 1. The summed E-state index contributed by atoms with van der Waals surface area (Å²) in [5.74, 6) is -2.88. The number of rotatable bonds is 18. The molecule has 3 heterocycles. The van der Waals surface area contributed by atoms with Crippen LogP contribution in [-0.4, -0.2) is 117 Å². The van der Waals surface area contributed by atoms with Gasteiger partial charge in [0.1, 0.15) is 29.6 Å². The third-order valence-corrected chi connectivity index (χ3v) is 14.4. The largest absolute Gasteiger partial charge is 0.481 e. The first-order valence-electron chi connectivity index (χ1n) is 25.0. The molecule has 3 aromatic heterocycles. The lowest BCUT2D eigenvalue weighted by Gasteiger charge is -2.19. The van der Waals surface area contributed by atoms with Gasteiger partial charge in [-0.25, -0.2) is 65.2 Å². The van der Waals surface area contributed by atoms with Crippen molar-refractivity contribution in [2.75, 3.05) is 41.0 Å². The van der Waals surface area contributed by atoms with E-state index in [2.05, 4.69) is 29.9 Å². The van der Waals surface area contributed by atoms with Gasteiger partial charge >= 0.3 is 17.9 Å². The summed E-state index contributed by atoms with van der Waals surface area (Å²) in [7, 11) is -11.6. The third-order valence-electron chi connectivity index (χ3n) is 11.3. The van der Waals surface area contributed by atoms with Crippen molar-refractivity contribution in [2.24, 2.45) is 15.4 Å². The van der Waals surface area contributed by atoms with E-state index in [0.717, 1.165) is 23.6 Å². The molecule has 0 fully saturated rings. The highest BCUT2D eigenvalue weighted by Gasteiger charge is 2.39. The molecular formula is C51H71N15O18S3. The second-order valence-corrected chi connectivity index (χ2v) is 24.2. The van der Waals surface area contributed by atoms with Gasteiger partial charge in [-0.2, -0.15) is 15.0 Å². The number of carbonyl (C=O) groups excluding carboxylic acids is 1. The zero-order chi connectivity index (χ0) is 67.0. The lowest BCUT2D eigenvalue weighted by atomic mass is 9.94. The number of nitrogens with zero attached hydrogens (tertiary/aromatic N) is 6. The summed E-state index contributed by atoms with van der Waals surface area (Å²) in [6, 6.07) is 9.34. The number of ether oxygens (including phenoxy) is 3. The van der Waals surface area contributed by atoms with E-state index < -0.39 is 78.8 Å². The highest BCUT2D eigenvalue weighted by atomic mass is 32.2. The Morgan fingerprint density at radius 1 is 0.483 bits per heavy atom. The average molecular weight is 1280 g/mol. The quantitative estimate of drug-likeness (QED) is 0.0588. The highest BCUT2D eigenvalue weighted by molar-refractivity contribution is 7.89. The van der Waals surface area contributed by atoms with Gasteiger partial charge in [0.05, 0.1) is 39.7 Å². The Hall–Kier alpha value is -9.17. The second-order valence-electron chi connectivity index (χ2n) is 19.6. The van der Waals surface area contributed by atoms with Crippen molar-refractivity contribution in [3.8, 4) is 34.5 Å². The number of carbonyl (C=O) groups is 4. The van der Waals surface area contributed by atoms with Gasteiger partial charge in [0.25, 0.3) is 0 Å². The molecule has 87 heavy (non-hydrogen) atoms. The molecule has 0 aliphatic carbocycles. The van der Waals surface area contributed by atoms with E-state index in [-0.39, 0.29) is 85.0 Å². The summed E-state index contributed by atoms with van der Waals surface area (Å²) in [5.41, 5.74) is 35.2. The molecule has 3 aromatic carbocycles. The van der Waals surface area contributed by atoms with Crippen LogP contribution in [0.2, 0.25) is 0 Å². The van der Waals surface area contributed by atoms with E-state index in [9.17, 15) is 44.7 Å². The van der Waals surface area contributed by atoms with E-state index in [1.165, 1.54) is 36.8 Å². The number of nitrogen functional groups attached to an aromatic ring is 6. The molecule has 1 atom stereocenters. The number of benzene rings is 3. The van der Waals surface area contributed by atoms with E-state index in [4.69, 9.17) is 89.3 Å². The first-order chi connectivity index (χ1) is 39.8. The smallest absolute Gasteiger partial charge is 0.336 e. The molecule has 1 unspecified atom stereocenters. The number of carboxylic acid groups (broad SMARTS) is 3. The van der Waals surface area contributed by atoms with Crippen LogP contribution in [0.15, 0.2) is 69.7 Å². The maximum Gasteiger partial charge on any atom is 0.336 e. The molecule has 0 saturated heterocycles. The summed E-state index contributed by atoms with van der Waals surface area (Å²) < 4.78 is 87.4. The summed E-state index contributed by atoms with van der Waals surface area (Å²) in [5, 5.41) is 56.7. The Bertz CT molecular complexity index is 3500. The van der Waals surface area contributed by atoms with Crippen molar-refractivity contribution in [2.45, 2.75) is 120 Å². The molecule has 6 aromatic rings. The van der Waals surface area contributed by atoms with Crippen molar-refractivity contribution in [1.29, 1.82) is 0 Å². The van der Waals surface area contributed by atoms with Gasteiger partial charge in [-0.1, -0.05) is 59.7 Å². The molecule has 0 aliphatic heterocycles. The van der Waals surface area contributed by atoms with Crippen molar-refractivity contribution in [3.05, 3.63) is 88.4 Å². The molecule has 0 spiro atoms. The first-order valence-corrected chi connectivity index (χ1v) is 29.7. The number of aliphatic hydroxyl groups is 2. The number of aryl methyl sites for hydroxylation is 3. The number of aromatic nitrogens is 6. The van der Waals surface area contributed by atoms with Crippen LogP contribution in [0, 0.1) is 20.8 Å². The molecule has 0 bridgehead atoms. The lowest BCUT2D eigenvalue weighted by molar-refractivity contribution is -0.167. The molecular weight excluding hydrogens is 1210 g/mol. The van der Waals surface area contributed by atoms with Crippen LogP contribution >= 0.6 is 0 Å². The average Bonchev–Trinajstić information content (AvgIpc) is 1.21. The standard InChI is InChI=1S/3C14H19N5O3S.C7H10O6.C2H4O3/c3*1-7(2)9-4-8(3)12(23(17,20)21)5-10(9)22-11-6-18-14(16)19-13(11)15;1-4(8)2-7(13,6(11)12)3-5(9)10;3-1-2(4)5/h3*4-7H,1-3H3,(H2,17,20,21)(H4,15,16,18,19);13H,2-3H2,1H3,(H,9,10)(H,11,12);3H,1H2,(H,4,5). The monoisotopic (exact) mass is 1280 g/mol. The molecule has 476 valence electrons. The topological polar surface area (TPSA) is 611 Å². The predicted molar refractivity (Wildman–Crippen MR) is 318 cm³/mol. The fraction of sp³-hybridized carbons (Fsp3) is 0.333. The highest BCUT2D eigenvalue weighted by Crippen LogP contribution is 2.39. The number of nitrogens with two attached hydrogens (primary N) is 9. The number of ketones is 1.